The summed E-state index contributed by atoms with van der Waals surface area (Å²) in [5.41, 5.74) is 11.7. The van der Waals surface area contributed by atoms with E-state index in [4.69, 9.17) is 4.42 Å². The fourth-order valence-corrected chi connectivity index (χ4v) is 7.71. The first-order valence-electron chi connectivity index (χ1n) is 16.3. The van der Waals surface area contributed by atoms with Crippen LogP contribution in [-0.4, -0.2) is 0 Å². The zero-order chi connectivity index (χ0) is 31.5. The van der Waals surface area contributed by atoms with E-state index in [1.165, 1.54) is 87.6 Å². The van der Waals surface area contributed by atoms with Gasteiger partial charge in [0.1, 0.15) is 11.2 Å². The van der Waals surface area contributed by atoms with Crippen molar-refractivity contribution in [3.63, 3.8) is 0 Å². The third-order valence-electron chi connectivity index (χ3n) is 9.78. The topological polar surface area (TPSA) is 13.1 Å². The molecule has 8 aromatic carbocycles. The highest BCUT2D eigenvalue weighted by Gasteiger charge is 2.19. The maximum absolute atomic E-state index is 6.37. The number of benzene rings is 8. The Morgan fingerprint density at radius 1 is 0.468 bits per heavy atom. The molecule has 47 heavy (non-hydrogen) atoms. The monoisotopic (exact) mass is 600 g/mol. The average molecular weight is 601 g/mol. The molecule has 9 aromatic rings. The maximum Gasteiger partial charge on any atom is 0.136 e. The largest absolute Gasteiger partial charge is 0.456 e. The lowest BCUT2D eigenvalue weighted by molar-refractivity contribution is 0.669. The van der Waals surface area contributed by atoms with Gasteiger partial charge in [-0.15, -0.1) is 0 Å². The van der Waals surface area contributed by atoms with Crippen LogP contribution < -0.4 is 0 Å². The number of rotatable bonds is 4. The second-order valence-corrected chi connectivity index (χ2v) is 12.4. The third-order valence-corrected chi connectivity index (χ3v) is 9.78. The van der Waals surface area contributed by atoms with E-state index in [0.29, 0.717) is 0 Å². The van der Waals surface area contributed by atoms with Gasteiger partial charge < -0.3 is 4.42 Å². The van der Waals surface area contributed by atoms with Crippen LogP contribution in [0, 0.1) is 6.92 Å². The molecule has 0 radical (unpaired) electrons. The quantitative estimate of drug-likeness (QED) is 0.183. The van der Waals surface area contributed by atoms with E-state index in [1.54, 1.807) is 0 Å². The van der Waals surface area contributed by atoms with E-state index in [0.717, 1.165) is 11.2 Å². The van der Waals surface area contributed by atoms with Crippen LogP contribution in [0.2, 0.25) is 0 Å². The molecule has 1 nitrogen and oxygen atoms in total. The summed E-state index contributed by atoms with van der Waals surface area (Å²) < 4.78 is 6.37. The predicted molar refractivity (Wildman–Crippen MR) is 202 cm³/mol. The molecule has 0 amide bonds. The van der Waals surface area contributed by atoms with Crippen molar-refractivity contribution in [2.45, 2.75) is 13.8 Å². The first-order chi connectivity index (χ1) is 23.2. The Kier molecular flexibility index (Phi) is 6.33. The minimum Gasteiger partial charge on any atom is -0.456 e. The Balaban J connectivity index is 1.26. The SMILES string of the molecule is C/C=C\c1c(-c2ccc(-c3c4ccccc4c(-c4cccc5ccccc45)c4ccccc34)cc2)cc2oc3ccccc3c2c1C. The fourth-order valence-electron chi connectivity index (χ4n) is 7.71. The summed E-state index contributed by atoms with van der Waals surface area (Å²) in [6.07, 6.45) is 4.36. The van der Waals surface area contributed by atoms with E-state index in [9.17, 15) is 0 Å². The lowest BCUT2D eigenvalue weighted by atomic mass is 9.84. The van der Waals surface area contributed by atoms with Crippen molar-refractivity contribution in [1.82, 2.24) is 0 Å². The van der Waals surface area contributed by atoms with Gasteiger partial charge >= 0.3 is 0 Å². The molecule has 0 aliphatic carbocycles. The summed E-state index contributed by atoms with van der Waals surface area (Å²) >= 11 is 0. The van der Waals surface area contributed by atoms with E-state index in [-0.39, 0.29) is 0 Å². The summed E-state index contributed by atoms with van der Waals surface area (Å²) in [6.45, 7) is 4.30. The second-order valence-electron chi connectivity index (χ2n) is 12.4. The molecule has 0 fully saturated rings. The lowest BCUT2D eigenvalue weighted by Gasteiger charge is -2.19. The van der Waals surface area contributed by atoms with E-state index in [1.807, 2.05) is 6.07 Å². The minimum absolute atomic E-state index is 0.926. The van der Waals surface area contributed by atoms with Gasteiger partial charge in [-0.1, -0.05) is 146 Å². The normalized spacial score (nSPS) is 12.0. The first kappa shape index (κ1) is 27.4. The predicted octanol–water partition coefficient (Wildman–Crippen LogP) is 13.4. The molecule has 9 rings (SSSR count). The number of fused-ring (bicyclic) bond motifs is 6. The Labute approximate surface area is 274 Å². The molecule has 1 heterocycles. The number of furan rings is 1. The standard InChI is InChI=1S/C46H32O/c1-3-13-33-29(2)44-40-21-10-11-23-42(40)47-43(44)28-41(33)31-24-26-32(27-25-31)45-36-17-6-8-19-38(36)46(39-20-9-7-18-37(39)45)35-22-12-15-30-14-4-5-16-34(30)35/h3-28H,1-2H3/b13-3-. The highest BCUT2D eigenvalue weighted by molar-refractivity contribution is 6.23. The molecular formula is C46H32O. The Morgan fingerprint density at radius 3 is 1.70 bits per heavy atom. The molecule has 0 aliphatic heterocycles. The zero-order valence-electron chi connectivity index (χ0n) is 26.4. The third kappa shape index (κ3) is 4.24. The van der Waals surface area contributed by atoms with Crippen LogP contribution in [0.15, 0.2) is 156 Å². The molecule has 0 unspecified atom stereocenters. The molecule has 0 saturated heterocycles. The van der Waals surface area contributed by atoms with Crippen LogP contribution in [0.1, 0.15) is 18.1 Å². The van der Waals surface area contributed by atoms with Gasteiger partial charge in [0.2, 0.25) is 0 Å². The first-order valence-corrected chi connectivity index (χ1v) is 16.3. The molecular weight excluding hydrogens is 569 g/mol. The molecule has 1 aromatic heterocycles. The Morgan fingerprint density at radius 2 is 1.02 bits per heavy atom. The van der Waals surface area contributed by atoms with Crippen molar-refractivity contribution in [3.8, 4) is 33.4 Å². The molecule has 1 heteroatoms. The van der Waals surface area contributed by atoms with Crippen molar-refractivity contribution >= 4 is 60.3 Å². The van der Waals surface area contributed by atoms with Crippen molar-refractivity contribution in [2.24, 2.45) is 0 Å². The van der Waals surface area contributed by atoms with Gasteiger partial charge in [0.15, 0.2) is 0 Å². The number of para-hydroxylation sites is 1. The zero-order valence-corrected chi connectivity index (χ0v) is 26.4. The van der Waals surface area contributed by atoms with Gasteiger partial charge in [0.25, 0.3) is 0 Å². The van der Waals surface area contributed by atoms with Crippen molar-refractivity contribution in [3.05, 3.63) is 163 Å². The number of hydrogen-bond donors (Lipinski definition) is 0. The van der Waals surface area contributed by atoms with Crippen LogP contribution >= 0.6 is 0 Å². The average Bonchev–Trinajstić information content (AvgIpc) is 3.50. The van der Waals surface area contributed by atoms with E-state index < -0.39 is 0 Å². The summed E-state index contributed by atoms with van der Waals surface area (Å²) in [5.74, 6) is 0. The highest BCUT2D eigenvalue weighted by Crippen LogP contribution is 2.46. The number of hydrogen-bond acceptors (Lipinski definition) is 1. The smallest absolute Gasteiger partial charge is 0.136 e. The van der Waals surface area contributed by atoms with Crippen molar-refractivity contribution < 1.29 is 4.42 Å². The Hall–Kier alpha value is -5.92. The van der Waals surface area contributed by atoms with Gasteiger partial charge in [-0.2, -0.15) is 0 Å². The van der Waals surface area contributed by atoms with Gasteiger partial charge in [0, 0.05) is 10.8 Å². The molecule has 0 atom stereocenters. The number of allylic oxidation sites excluding steroid dienone is 1. The summed E-state index contributed by atoms with van der Waals surface area (Å²) in [7, 11) is 0. The summed E-state index contributed by atoms with van der Waals surface area (Å²) in [6, 6.07) is 52.8. The number of aryl methyl sites for hydroxylation is 1. The molecule has 0 aliphatic rings. The van der Waals surface area contributed by atoms with Crippen LogP contribution in [0.25, 0.3) is 93.7 Å². The summed E-state index contributed by atoms with van der Waals surface area (Å²) in [4.78, 5) is 0. The molecule has 0 N–H and O–H groups in total. The van der Waals surface area contributed by atoms with Crippen LogP contribution in [0.5, 0.6) is 0 Å². The minimum atomic E-state index is 0.926. The maximum atomic E-state index is 6.37. The lowest BCUT2D eigenvalue weighted by Crippen LogP contribution is -1.92. The van der Waals surface area contributed by atoms with E-state index in [2.05, 4.69) is 166 Å². The molecule has 0 spiro atoms. The van der Waals surface area contributed by atoms with Gasteiger partial charge in [-0.05, 0) is 103 Å². The fraction of sp³-hybridized carbons (Fsp3) is 0.0435. The van der Waals surface area contributed by atoms with Crippen molar-refractivity contribution in [2.75, 3.05) is 0 Å². The summed E-state index contributed by atoms with van der Waals surface area (Å²) in [5, 5.41) is 9.94. The van der Waals surface area contributed by atoms with Gasteiger partial charge in [-0.25, -0.2) is 0 Å². The van der Waals surface area contributed by atoms with Crippen LogP contribution in [0.3, 0.4) is 0 Å². The molecule has 222 valence electrons. The second kappa shape index (κ2) is 10.9. The molecule has 0 bridgehead atoms. The molecule has 0 saturated carbocycles. The van der Waals surface area contributed by atoms with Gasteiger partial charge in [-0.3, -0.25) is 0 Å². The Bertz CT molecular complexity index is 2620. The van der Waals surface area contributed by atoms with Crippen LogP contribution in [0.4, 0.5) is 0 Å². The van der Waals surface area contributed by atoms with Gasteiger partial charge in [0.05, 0.1) is 0 Å². The van der Waals surface area contributed by atoms with Crippen LogP contribution in [-0.2, 0) is 0 Å². The van der Waals surface area contributed by atoms with Crippen molar-refractivity contribution in [1.29, 1.82) is 0 Å². The van der Waals surface area contributed by atoms with E-state index >= 15 is 0 Å². The highest BCUT2D eigenvalue weighted by atomic mass is 16.3.